The number of aliphatic hydroxyl groups is 2. The van der Waals surface area contributed by atoms with E-state index < -0.39 is 6.10 Å². The van der Waals surface area contributed by atoms with Gasteiger partial charge in [-0.25, -0.2) is 0 Å². The Bertz CT molecular complexity index is 577. The minimum absolute atomic E-state index is 0.0436. The van der Waals surface area contributed by atoms with Gasteiger partial charge in [-0.05, 0) is 54.9 Å². The molecule has 3 nitrogen and oxygen atoms in total. The van der Waals surface area contributed by atoms with Gasteiger partial charge >= 0.3 is 0 Å². The summed E-state index contributed by atoms with van der Waals surface area (Å²) in [4.78, 5) is 11.8. The van der Waals surface area contributed by atoms with Crippen LogP contribution in [0.1, 0.15) is 46.0 Å². The maximum absolute atomic E-state index is 11.8. The minimum atomic E-state index is -0.470. The van der Waals surface area contributed by atoms with Crippen molar-refractivity contribution in [3.05, 3.63) is 23.8 Å². The lowest BCUT2D eigenvalue weighted by molar-refractivity contribution is -0.116. The lowest BCUT2D eigenvalue weighted by Gasteiger charge is -2.57. The summed E-state index contributed by atoms with van der Waals surface area (Å²) in [5.74, 6) is 1.13. The van der Waals surface area contributed by atoms with Gasteiger partial charge in [0.1, 0.15) is 0 Å². The molecule has 2 unspecified atom stereocenters. The van der Waals surface area contributed by atoms with Crippen molar-refractivity contribution in [3.8, 4) is 0 Å². The van der Waals surface area contributed by atoms with Crippen LogP contribution in [0.3, 0.4) is 0 Å². The Labute approximate surface area is 132 Å². The summed E-state index contributed by atoms with van der Waals surface area (Å²) < 4.78 is 0. The summed E-state index contributed by atoms with van der Waals surface area (Å²) >= 11 is 0. The quantitative estimate of drug-likeness (QED) is 0.676. The second-order valence-corrected chi connectivity index (χ2v) is 8.37. The molecule has 4 aliphatic carbocycles. The van der Waals surface area contributed by atoms with Gasteiger partial charge in [0.05, 0.1) is 12.2 Å². The molecule has 120 valence electrons. The van der Waals surface area contributed by atoms with Crippen molar-refractivity contribution in [2.45, 2.75) is 58.2 Å². The molecular formula is C19H26O3. The van der Waals surface area contributed by atoms with Gasteiger partial charge in [-0.2, -0.15) is 0 Å². The Balaban J connectivity index is 1.78. The average Bonchev–Trinajstić information content (AvgIpc) is 2.77. The first-order valence-electron chi connectivity index (χ1n) is 8.65. The van der Waals surface area contributed by atoms with Crippen LogP contribution in [0.15, 0.2) is 23.8 Å². The van der Waals surface area contributed by atoms with Gasteiger partial charge in [0.2, 0.25) is 0 Å². The summed E-state index contributed by atoms with van der Waals surface area (Å²) in [5, 5.41) is 21.2. The molecule has 0 aromatic rings. The third kappa shape index (κ3) is 1.73. The second-order valence-electron chi connectivity index (χ2n) is 8.37. The summed E-state index contributed by atoms with van der Waals surface area (Å²) in [7, 11) is 0. The molecule has 4 aliphatic rings. The Morgan fingerprint density at radius 2 is 1.91 bits per heavy atom. The highest BCUT2D eigenvalue weighted by molar-refractivity contribution is 5.93. The van der Waals surface area contributed by atoms with Crippen molar-refractivity contribution in [3.63, 3.8) is 0 Å². The van der Waals surface area contributed by atoms with E-state index in [1.165, 1.54) is 0 Å². The molecule has 0 saturated heterocycles. The molecule has 22 heavy (non-hydrogen) atoms. The van der Waals surface area contributed by atoms with E-state index >= 15 is 0 Å². The summed E-state index contributed by atoms with van der Waals surface area (Å²) in [6.07, 6.45) is 9.46. The predicted molar refractivity (Wildman–Crippen MR) is 84.0 cm³/mol. The monoisotopic (exact) mass is 302 g/mol. The fourth-order valence-corrected chi connectivity index (χ4v) is 6.07. The molecule has 3 heteroatoms. The van der Waals surface area contributed by atoms with Crippen LogP contribution < -0.4 is 0 Å². The zero-order chi connectivity index (χ0) is 15.7. The Morgan fingerprint density at radius 3 is 2.68 bits per heavy atom. The van der Waals surface area contributed by atoms with E-state index in [4.69, 9.17) is 0 Å². The summed E-state index contributed by atoms with van der Waals surface area (Å²) in [6, 6.07) is 0. The van der Waals surface area contributed by atoms with Crippen molar-refractivity contribution in [1.82, 2.24) is 0 Å². The van der Waals surface area contributed by atoms with Gasteiger partial charge in [0, 0.05) is 11.8 Å². The Kier molecular flexibility index (Phi) is 3.03. The third-order valence-corrected chi connectivity index (χ3v) is 7.49. The third-order valence-electron chi connectivity index (χ3n) is 7.49. The molecular weight excluding hydrogens is 276 g/mol. The van der Waals surface area contributed by atoms with Crippen LogP contribution in [-0.4, -0.2) is 28.2 Å². The molecule has 0 aromatic heterocycles. The summed E-state index contributed by atoms with van der Waals surface area (Å²) in [6.45, 7) is 4.44. The maximum atomic E-state index is 11.8. The molecule has 0 radical (unpaired) electrons. The standard InChI is InChI=1S/C19H26O3/c1-18-7-5-12(20)9-11(18)10-15(21)17-13-3-4-16(22)19(13,2)8-6-14(17)18/h5,7,10,13-17,21-22H,3-4,6,8-9H2,1-2H3/t13-,14+,15?,16?,17-,18-,19-/m0/s1. The van der Waals surface area contributed by atoms with E-state index in [-0.39, 0.29) is 28.6 Å². The van der Waals surface area contributed by atoms with Gasteiger partial charge in [-0.1, -0.05) is 31.6 Å². The van der Waals surface area contributed by atoms with Crippen LogP contribution in [0.2, 0.25) is 0 Å². The lowest BCUT2D eigenvalue weighted by atomic mass is 9.48. The van der Waals surface area contributed by atoms with E-state index in [9.17, 15) is 15.0 Å². The van der Waals surface area contributed by atoms with E-state index in [0.717, 1.165) is 31.3 Å². The largest absolute Gasteiger partial charge is 0.393 e. The first-order valence-corrected chi connectivity index (χ1v) is 8.65. The number of fused-ring (bicyclic) bond motifs is 5. The van der Waals surface area contributed by atoms with Crippen LogP contribution in [-0.2, 0) is 4.79 Å². The predicted octanol–water partition coefficient (Wildman–Crippen LogP) is 2.63. The topological polar surface area (TPSA) is 57.5 Å². The number of allylic oxidation sites excluding steroid dienone is 3. The van der Waals surface area contributed by atoms with Crippen molar-refractivity contribution in [1.29, 1.82) is 0 Å². The summed E-state index contributed by atoms with van der Waals surface area (Å²) in [5.41, 5.74) is 0.973. The highest BCUT2D eigenvalue weighted by atomic mass is 16.3. The average molecular weight is 302 g/mol. The van der Waals surface area contributed by atoms with E-state index in [2.05, 4.69) is 19.9 Å². The Hall–Kier alpha value is -0.930. The molecule has 0 aromatic carbocycles. The van der Waals surface area contributed by atoms with Crippen LogP contribution in [0.25, 0.3) is 0 Å². The highest BCUT2D eigenvalue weighted by Crippen LogP contribution is 2.63. The van der Waals surface area contributed by atoms with Gasteiger partial charge in [0.25, 0.3) is 0 Å². The number of ketones is 1. The number of hydrogen-bond donors (Lipinski definition) is 2. The zero-order valence-electron chi connectivity index (χ0n) is 13.5. The SMILES string of the molecule is C[C@]12C=CC(=O)CC1=CC(O)[C@@H]1[C@H]2CC[C@]2(C)C(O)CC[C@@H]12. The first-order chi connectivity index (χ1) is 10.4. The number of carbonyl (C=O) groups excluding carboxylic acids is 1. The highest BCUT2D eigenvalue weighted by Gasteiger charge is 2.59. The van der Waals surface area contributed by atoms with Crippen LogP contribution >= 0.6 is 0 Å². The molecule has 2 N–H and O–H groups in total. The number of carbonyl (C=O) groups is 1. The molecule has 0 amide bonds. The Morgan fingerprint density at radius 1 is 1.14 bits per heavy atom. The van der Waals surface area contributed by atoms with E-state index in [1.807, 2.05) is 6.08 Å². The fourth-order valence-electron chi connectivity index (χ4n) is 6.07. The van der Waals surface area contributed by atoms with E-state index in [1.54, 1.807) is 6.08 Å². The normalized spacial score (nSPS) is 53.5. The number of aliphatic hydroxyl groups excluding tert-OH is 2. The lowest BCUT2D eigenvalue weighted by Crippen LogP contribution is -2.54. The van der Waals surface area contributed by atoms with E-state index in [0.29, 0.717) is 18.3 Å². The molecule has 2 saturated carbocycles. The number of rotatable bonds is 0. The first kappa shape index (κ1) is 14.6. The molecule has 7 atom stereocenters. The molecule has 0 bridgehead atoms. The second kappa shape index (κ2) is 4.55. The fraction of sp³-hybridized carbons (Fsp3) is 0.737. The maximum Gasteiger partial charge on any atom is 0.159 e. The molecule has 0 spiro atoms. The minimum Gasteiger partial charge on any atom is -0.393 e. The van der Waals surface area contributed by atoms with Crippen molar-refractivity contribution < 1.29 is 15.0 Å². The van der Waals surface area contributed by atoms with Crippen LogP contribution in [0.5, 0.6) is 0 Å². The van der Waals surface area contributed by atoms with Crippen molar-refractivity contribution in [2.75, 3.05) is 0 Å². The molecule has 4 rings (SSSR count). The van der Waals surface area contributed by atoms with Gasteiger partial charge in [-0.3, -0.25) is 4.79 Å². The molecule has 0 aliphatic heterocycles. The number of hydrogen-bond acceptors (Lipinski definition) is 3. The molecule has 0 heterocycles. The van der Waals surface area contributed by atoms with Crippen LogP contribution in [0.4, 0.5) is 0 Å². The van der Waals surface area contributed by atoms with Gasteiger partial charge < -0.3 is 10.2 Å². The van der Waals surface area contributed by atoms with Gasteiger partial charge in [0.15, 0.2) is 5.78 Å². The van der Waals surface area contributed by atoms with Crippen molar-refractivity contribution in [2.24, 2.45) is 28.6 Å². The van der Waals surface area contributed by atoms with Gasteiger partial charge in [-0.15, -0.1) is 0 Å². The smallest absolute Gasteiger partial charge is 0.159 e. The molecule has 2 fully saturated rings. The van der Waals surface area contributed by atoms with Crippen LogP contribution in [0, 0.1) is 28.6 Å². The zero-order valence-corrected chi connectivity index (χ0v) is 13.5. The van der Waals surface area contributed by atoms with Crippen molar-refractivity contribution >= 4 is 5.78 Å².